The average Bonchev–Trinajstić information content (AvgIpc) is 2.82. The predicted octanol–water partition coefficient (Wildman–Crippen LogP) is 0.380. The zero-order valence-electron chi connectivity index (χ0n) is 10.7. The lowest BCUT2D eigenvalue weighted by Gasteiger charge is -2.30. The number of hydrogen-bond acceptors (Lipinski definition) is 4. The van der Waals surface area contributed by atoms with Gasteiger partial charge in [-0.05, 0) is 31.4 Å². The van der Waals surface area contributed by atoms with Gasteiger partial charge < -0.3 is 10.4 Å². The molecule has 102 valence electrons. The Morgan fingerprint density at radius 2 is 2.00 bits per heavy atom. The molecule has 4 atom stereocenters. The van der Waals surface area contributed by atoms with Crippen molar-refractivity contribution in [2.45, 2.75) is 37.6 Å². The SMILES string of the molecule is O=C(NC1NNC2CCC(O)CC21)c1ccccc1. The summed E-state index contributed by atoms with van der Waals surface area (Å²) in [6.45, 7) is 0. The number of carbonyl (C=O) groups is 1. The summed E-state index contributed by atoms with van der Waals surface area (Å²) in [5, 5.41) is 12.7. The van der Waals surface area contributed by atoms with Gasteiger partial charge in [0.2, 0.25) is 0 Å². The summed E-state index contributed by atoms with van der Waals surface area (Å²) >= 11 is 0. The van der Waals surface area contributed by atoms with E-state index in [0.717, 1.165) is 19.3 Å². The van der Waals surface area contributed by atoms with Gasteiger partial charge in [0, 0.05) is 17.5 Å². The Balaban J connectivity index is 1.65. The third-order valence-corrected chi connectivity index (χ3v) is 4.05. The zero-order chi connectivity index (χ0) is 13.2. The first-order chi connectivity index (χ1) is 9.24. The number of aliphatic hydroxyl groups is 1. The summed E-state index contributed by atoms with van der Waals surface area (Å²) in [6, 6.07) is 9.52. The number of hydrogen-bond donors (Lipinski definition) is 4. The molecule has 1 amide bonds. The van der Waals surface area contributed by atoms with E-state index in [1.54, 1.807) is 12.1 Å². The lowest BCUT2D eigenvalue weighted by molar-refractivity contribution is 0.0786. The minimum absolute atomic E-state index is 0.0828. The minimum atomic E-state index is -0.251. The first kappa shape index (κ1) is 12.6. The van der Waals surface area contributed by atoms with E-state index in [2.05, 4.69) is 16.2 Å². The van der Waals surface area contributed by atoms with E-state index in [0.29, 0.717) is 11.6 Å². The van der Waals surface area contributed by atoms with Crippen LogP contribution >= 0.6 is 0 Å². The zero-order valence-corrected chi connectivity index (χ0v) is 10.7. The molecular weight excluding hydrogens is 242 g/mol. The normalized spacial score (nSPS) is 33.7. The van der Waals surface area contributed by atoms with Crippen LogP contribution in [0.1, 0.15) is 29.6 Å². The van der Waals surface area contributed by atoms with Crippen molar-refractivity contribution in [3.8, 4) is 0 Å². The number of amides is 1. The highest BCUT2D eigenvalue weighted by Crippen LogP contribution is 2.29. The molecule has 2 fully saturated rings. The maximum Gasteiger partial charge on any atom is 0.252 e. The molecule has 1 saturated carbocycles. The lowest BCUT2D eigenvalue weighted by atomic mass is 9.82. The molecule has 1 aliphatic heterocycles. The molecule has 1 aliphatic carbocycles. The molecule has 4 N–H and O–H groups in total. The first-order valence-corrected chi connectivity index (χ1v) is 6.79. The second-order valence-electron chi connectivity index (χ2n) is 5.34. The third kappa shape index (κ3) is 2.63. The summed E-state index contributed by atoms with van der Waals surface area (Å²) in [6.07, 6.45) is 2.13. The summed E-state index contributed by atoms with van der Waals surface area (Å²) in [7, 11) is 0. The summed E-state index contributed by atoms with van der Waals surface area (Å²) in [4.78, 5) is 12.1. The van der Waals surface area contributed by atoms with Gasteiger partial charge in [-0.3, -0.25) is 10.2 Å². The van der Waals surface area contributed by atoms with E-state index in [1.165, 1.54) is 0 Å². The Labute approximate surface area is 112 Å². The molecule has 1 aromatic carbocycles. The predicted molar refractivity (Wildman–Crippen MR) is 71.1 cm³/mol. The Hall–Kier alpha value is -1.43. The van der Waals surface area contributed by atoms with Gasteiger partial charge in [0.15, 0.2) is 0 Å². The van der Waals surface area contributed by atoms with Crippen LogP contribution in [-0.2, 0) is 0 Å². The Morgan fingerprint density at radius 3 is 2.79 bits per heavy atom. The van der Waals surface area contributed by atoms with Gasteiger partial charge >= 0.3 is 0 Å². The maximum atomic E-state index is 12.1. The van der Waals surface area contributed by atoms with Crippen molar-refractivity contribution >= 4 is 5.91 Å². The Morgan fingerprint density at radius 1 is 1.21 bits per heavy atom. The quantitative estimate of drug-likeness (QED) is 0.621. The molecule has 5 heteroatoms. The van der Waals surface area contributed by atoms with E-state index in [4.69, 9.17) is 0 Å². The topological polar surface area (TPSA) is 73.4 Å². The number of benzene rings is 1. The number of nitrogens with one attached hydrogen (secondary N) is 3. The molecule has 1 saturated heterocycles. The van der Waals surface area contributed by atoms with Crippen LogP contribution in [0.2, 0.25) is 0 Å². The lowest BCUT2D eigenvalue weighted by Crippen LogP contribution is -2.47. The van der Waals surface area contributed by atoms with Crippen molar-refractivity contribution in [2.75, 3.05) is 0 Å². The van der Waals surface area contributed by atoms with Crippen molar-refractivity contribution < 1.29 is 9.90 Å². The van der Waals surface area contributed by atoms with Crippen LogP contribution in [0.3, 0.4) is 0 Å². The van der Waals surface area contributed by atoms with E-state index in [-0.39, 0.29) is 24.1 Å². The number of carbonyl (C=O) groups excluding carboxylic acids is 1. The number of fused-ring (bicyclic) bond motifs is 1. The Bertz CT molecular complexity index is 451. The number of hydrazine groups is 1. The highest BCUT2D eigenvalue weighted by atomic mass is 16.3. The van der Waals surface area contributed by atoms with Crippen molar-refractivity contribution in [1.82, 2.24) is 16.2 Å². The third-order valence-electron chi connectivity index (χ3n) is 4.05. The fraction of sp³-hybridized carbons (Fsp3) is 0.500. The van der Waals surface area contributed by atoms with Crippen LogP contribution < -0.4 is 16.2 Å². The van der Waals surface area contributed by atoms with Gasteiger partial charge in [-0.1, -0.05) is 18.2 Å². The molecule has 4 unspecified atom stereocenters. The van der Waals surface area contributed by atoms with Gasteiger partial charge in [0.05, 0.1) is 12.3 Å². The molecule has 0 spiro atoms. The van der Waals surface area contributed by atoms with Crippen LogP contribution in [0.15, 0.2) is 30.3 Å². The fourth-order valence-corrected chi connectivity index (χ4v) is 2.99. The molecule has 1 aromatic rings. The van der Waals surface area contributed by atoms with Crippen LogP contribution in [0.4, 0.5) is 0 Å². The maximum absolute atomic E-state index is 12.1. The Kier molecular flexibility index (Phi) is 3.50. The van der Waals surface area contributed by atoms with E-state index < -0.39 is 0 Å². The average molecular weight is 261 g/mol. The van der Waals surface area contributed by atoms with Crippen molar-refractivity contribution in [2.24, 2.45) is 5.92 Å². The number of rotatable bonds is 2. The van der Waals surface area contributed by atoms with E-state index in [9.17, 15) is 9.90 Å². The molecular formula is C14H19N3O2. The number of aliphatic hydroxyl groups excluding tert-OH is 1. The summed E-state index contributed by atoms with van der Waals surface area (Å²) in [5.41, 5.74) is 6.99. The highest BCUT2D eigenvalue weighted by molar-refractivity contribution is 5.94. The van der Waals surface area contributed by atoms with Crippen molar-refractivity contribution in [3.05, 3.63) is 35.9 Å². The second kappa shape index (κ2) is 5.28. The smallest absolute Gasteiger partial charge is 0.252 e. The largest absolute Gasteiger partial charge is 0.393 e. The molecule has 0 aromatic heterocycles. The molecule has 3 rings (SSSR count). The van der Waals surface area contributed by atoms with Crippen molar-refractivity contribution in [3.63, 3.8) is 0 Å². The fourth-order valence-electron chi connectivity index (χ4n) is 2.99. The van der Waals surface area contributed by atoms with Gasteiger partial charge in [-0.2, -0.15) is 0 Å². The van der Waals surface area contributed by atoms with Gasteiger partial charge in [-0.25, -0.2) is 5.43 Å². The summed E-state index contributed by atoms with van der Waals surface area (Å²) < 4.78 is 0. The van der Waals surface area contributed by atoms with Crippen LogP contribution in [0.5, 0.6) is 0 Å². The summed E-state index contributed by atoms with van der Waals surface area (Å²) in [5.74, 6) is 0.164. The molecule has 0 radical (unpaired) electrons. The molecule has 1 heterocycles. The molecule has 19 heavy (non-hydrogen) atoms. The van der Waals surface area contributed by atoms with E-state index >= 15 is 0 Å². The minimum Gasteiger partial charge on any atom is -0.393 e. The first-order valence-electron chi connectivity index (χ1n) is 6.79. The van der Waals surface area contributed by atoms with Gasteiger partial charge in [0.1, 0.15) is 0 Å². The molecule has 2 aliphatic rings. The van der Waals surface area contributed by atoms with Crippen LogP contribution in [0, 0.1) is 5.92 Å². The van der Waals surface area contributed by atoms with E-state index in [1.807, 2.05) is 18.2 Å². The van der Waals surface area contributed by atoms with Crippen molar-refractivity contribution in [1.29, 1.82) is 0 Å². The second-order valence-corrected chi connectivity index (χ2v) is 5.34. The van der Waals surface area contributed by atoms with Gasteiger partial charge in [-0.15, -0.1) is 0 Å². The van der Waals surface area contributed by atoms with Crippen LogP contribution in [-0.4, -0.2) is 29.3 Å². The monoisotopic (exact) mass is 261 g/mol. The van der Waals surface area contributed by atoms with Gasteiger partial charge in [0.25, 0.3) is 5.91 Å². The highest BCUT2D eigenvalue weighted by Gasteiger charge is 2.40. The standard InChI is InChI=1S/C14H19N3O2/c18-10-6-7-12-11(8-10)13(17-16-12)15-14(19)9-4-2-1-3-5-9/h1-5,10-13,16-18H,6-8H2,(H,15,19). The molecule has 0 bridgehead atoms. The van der Waals surface area contributed by atoms with Crippen LogP contribution in [0.25, 0.3) is 0 Å². The molecule has 5 nitrogen and oxygen atoms in total.